The lowest BCUT2D eigenvalue weighted by Gasteiger charge is -2.27. The second-order valence-corrected chi connectivity index (χ2v) is 6.62. The van der Waals surface area contributed by atoms with Crippen LogP contribution in [0.2, 0.25) is 0 Å². The van der Waals surface area contributed by atoms with Crippen LogP contribution in [0.15, 0.2) is 40.9 Å². The first-order chi connectivity index (χ1) is 10.1. The zero-order valence-corrected chi connectivity index (χ0v) is 13.6. The van der Waals surface area contributed by atoms with Gasteiger partial charge in [-0.05, 0) is 42.8 Å². The molecule has 1 aliphatic heterocycles. The van der Waals surface area contributed by atoms with E-state index in [0.717, 1.165) is 40.3 Å². The molecule has 2 aromatic carbocycles. The number of halogens is 1. The average molecular weight is 347 g/mol. The van der Waals surface area contributed by atoms with E-state index >= 15 is 0 Å². The molecule has 110 valence electrons. The number of hydrogen-bond donors (Lipinski definition) is 2. The van der Waals surface area contributed by atoms with Gasteiger partial charge in [-0.15, -0.1) is 0 Å². The standard InChI is InChI=1S/C17H19BrN2O/c1-11-8-9-19-16(10-11)17(21)20-15-7-6-14(18)12-4-2-3-5-13(12)15/h2-7,11,16,19H,8-10H2,1H3,(H,20,21). The molecule has 4 heteroatoms. The van der Waals surface area contributed by atoms with E-state index in [1.807, 2.05) is 30.3 Å². The van der Waals surface area contributed by atoms with Crippen LogP contribution in [0, 0.1) is 5.92 Å². The van der Waals surface area contributed by atoms with Crippen molar-refractivity contribution in [3.8, 4) is 0 Å². The zero-order chi connectivity index (χ0) is 14.8. The second kappa shape index (κ2) is 6.16. The molecule has 1 fully saturated rings. The van der Waals surface area contributed by atoms with E-state index in [-0.39, 0.29) is 11.9 Å². The molecule has 0 spiro atoms. The summed E-state index contributed by atoms with van der Waals surface area (Å²) < 4.78 is 1.04. The second-order valence-electron chi connectivity index (χ2n) is 5.77. The first-order valence-corrected chi connectivity index (χ1v) is 8.16. The van der Waals surface area contributed by atoms with Gasteiger partial charge in [0.05, 0.1) is 6.04 Å². The quantitative estimate of drug-likeness (QED) is 0.864. The number of amides is 1. The Morgan fingerprint density at radius 1 is 1.24 bits per heavy atom. The van der Waals surface area contributed by atoms with Gasteiger partial charge in [-0.25, -0.2) is 0 Å². The number of rotatable bonds is 2. The van der Waals surface area contributed by atoms with E-state index in [1.165, 1.54) is 0 Å². The van der Waals surface area contributed by atoms with Crippen LogP contribution in [0.5, 0.6) is 0 Å². The number of anilines is 1. The van der Waals surface area contributed by atoms with Gasteiger partial charge in [0.15, 0.2) is 0 Å². The molecule has 2 aromatic rings. The Bertz CT molecular complexity index is 671. The fourth-order valence-electron chi connectivity index (χ4n) is 2.90. The van der Waals surface area contributed by atoms with Gasteiger partial charge in [-0.1, -0.05) is 47.1 Å². The van der Waals surface area contributed by atoms with E-state index in [2.05, 4.69) is 39.6 Å². The summed E-state index contributed by atoms with van der Waals surface area (Å²) in [7, 11) is 0. The van der Waals surface area contributed by atoms with Crippen LogP contribution in [-0.2, 0) is 4.79 Å². The van der Waals surface area contributed by atoms with Crippen LogP contribution in [-0.4, -0.2) is 18.5 Å². The van der Waals surface area contributed by atoms with Crippen molar-refractivity contribution in [1.82, 2.24) is 5.32 Å². The number of carbonyl (C=O) groups is 1. The molecule has 21 heavy (non-hydrogen) atoms. The maximum absolute atomic E-state index is 12.5. The maximum Gasteiger partial charge on any atom is 0.241 e. The molecule has 2 N–H and O–H groups in total. The van der Waals surface area contributed by atoms with Gasteiger partial charge in [-0.2, -0.15) is 0 Å². The number of benzene rings is 2. The van der Waals surface area contributed by atoms with Gasteiger partial charge in [0.25, 0.3) is 0 Å². The molecular formula is C17H19BrN2O. The van der Waals surface area contributed by atoms with Crippen LogP contribution in [0.4, 0.5) is 5.69 Å². The van der Waals surface area contributed by atoms with E-state index < -0.39 is 0 Å². The SMILES string of the molecule is CC1CCNC(C(=O)Nc2ccc(Br)c3ccccc23)C1. The third-order valence-electron chi connectivity index (χ3n) is 4.11. The Morgan fingerprint density at radius 2 is 2.00 bits per heavy atom. The van der Waals surface area contributed by atoms with Crippen LogP contribution in [0.3, 0.4) is 0 Å². The van der Waals surface area contributed by atoms with Crippen molar-refractivity contribution in [1.29, 1.82) is 0 Å². The monoisotopic (exact) mass is 346 g/mol. The molecule has 2 atom stereocenters. The van der Waals surface area contributed by atoms with Gasteiger partial charge < -0.3 is 10.6 Å². The molecule has 2 unspecified atom stereocenters. The van der Waals surface area contributed by atoms with Gasteiger partial charge in [0, 0.05) is 15.5 Å². The number of nitrogens with one attached hydrogen (secondary N) is 2. The summed E-state index contributed by atoms with van der Waals surface area (Å²) in [6, 6.07) is 11.9. The molecule has 0 saturated carbocycles. The lowest BCUT2D eigenvalue weighted by atomic mass is 9.94. The fraction of sp³-hybridized carbons (Fsp3) is 0.353. The molecule has 3 nitrogen and oxygen atoms in total. The van der Waals surface area contributed by atoms with Crippen LogP contribution in [0.1, 0.15) is 19.8 Å². The maximum atomic E-state index is 12.5. The Morgan fingerprint density at radius 3 is 2.76 bits per heavy atom. The molecule has 0 aromatic heterocycles. The minimum Gasteiger partial charge on any atom is -0.324 e. The summed E-state index contributed by atoms with van der Waals surface area (Å²) in [5, 5.41) is 8.56. The Labute approximate surface area is 133 Å². The highest BCUT2D eigenvalue weighted by Gasteiger charge is 2.24. The summed E-state index contributed by atoms with van der Waals surface area (Å²) in [6.45, 7) is 3.12. The number of carbonyl (C=O) groups excluding carboxylic acids is 1. The summed E-state index contributed by atoms with van der Waals surface area (Å²) >= 11 is 3.56. The Kier molecular flexibility index (Phi) is 4.27. The smallest absolute Gasteiger partial charge is 0.241 e. The van der Waals surface area contributed by atoms with Gasteiger partial charge in [0.2, 0.25) is 5.91 Å². The summed E-state index contributed by atoms with van der Waals surface area (Å²) in [5.74, 6) is 0.665. The summed E-state index contributed by atoms with van der Waals surface area (Å²) in [4.78, 5) is 12.5. The predicted octanol–water partition coefficient (Wildman–Crippen LogP) is 3.93. The van der Waals surface area contributed by atoms with Crippen molar-refractivity contribution in [3.05, 3.63) is 40.9 Å². The molecule has 1 amide bonds. The highest BCUT2D eigenvalue weighted by atomic mass is 79.9. The lowest BCUT2D eigenvalue weighted by Crippen LogP contribution is -2.45. The van der Waals surface area contributed by atoms with E-state index in [4.69, 9.17) is 0 Å². The van der Waals surface area contributed by atoms with Gasteiger partial charge in [0.1, 0.15) is 0 Å². The van der Waals surface area contributed by atoms with E-state index in [9.17, 15) is 4.79 Å². The highest BCUT2D eigenvalue weighted by Crippen LogP contribution is 2.30. The number of fused-ring (bicyclic) bond motifs is 1. The minimum absolute atomic E-state index is 0.0639. The largest absolute Gasteiger partial charge is 0.324 e. The van der Waals surface area contributed by atoms with Crippen LogP contribution in [0.25, 0.3) is 10.8 Å². The number of piperidine rings is 1. The van der Waals surface area contributed by atoms with Crippen LogP contribution >= 0.6 is 15.9 Å². The molecule has 0 radical (unpaired) electrons. The molecule has 1 saturated heterocycles. The van der Waals surface area contributed by atoms with Crippen molar-refractivity contribution in [2.24, 2.45) is 5.92 Å². The molecule has 1 aliphatic rings. The van der Waals surface area contributed by atoms with E-state index in [0.29, 0.717) is 5.92 Å². The third kappa shape index (κ3) is 3.11. The molecule has 0 bridgehead atoms. The van der Waals surface area contributed by atoms with Gasteiger partial charge in [-0.3, -0.25) is 4.79 Å². The predicted molar refractivity (Wildman–Crippen MR) is 90.5 cm³/mol. The summed E-state index contributed by atoms with van der Waals surface area (Å²) in [6.07, 6.45) is 2.05. The first-order valence-electron chi connectivity index (χ1n) is 7.36. The zero-order valence-electron chi connectivity index (χ0n) is 12.0. The molecule has 3 rings (SSSR count). The molecule has 1 heterocycles. The van der Waals surface area contributed by atoms with Crippen molar-refractivity contribution in [2.75, 3.05) is 11.9 Å². The number of hydrogen-bond acceptors (Lipinski definition) is 2. The fourth-order valence-corrected chi connectivity index (χ4v) is 3.38. The lowest BCUT2D eigenvalue weighted by molar-refractivity contribution is -0.119. The molecule has 0 aliphatic carbocycles. The minimum atomic E-state index is -0.0869. The Hall–Kier alpha value is -1.39. The average Bonchev–Trinajstić information content (AvgIpc) is 2.50. The summed E-state index contributed by atoms with van der Waals surface area (Å²) in [5.41, 5.74) is 0.874. The Balaban J connectivity index is 1.85. The van der Waals surface area contributed by atoms with Crippen LogP contribution < -0.4 is 10.6 Å². The van der Waals surface area contributed by atoms with E-state index in [1.54, 1.807) is 0 Å². The van der Waals surface area contributed by atoms with Crippen molar-refractivity contribution < 1.29 is 4.79 Å². The first kappa shape index (κ1) is 14.5. The third-order valence-corrected chi connectivity index (χ3v) is 4.80. The van der Waals surface area contributed by atoms with Crippen molar-refractivity contribution >= 4 is 38.3 Å². The van der Waals surface area contributed by atoms with Gasteiger partial charge >= 0.3 is 0 Å². The molecular weight excluding hydrogens is 328 g/mol. The normalized spacial score (nSPS) is 22.2. The van der Waals surface area contributed by atoms with Crippen molar-refractivity contribution in [3.63, 3.8) is 0 Å². The highest BCUT2D eigenvalue weighted by molar-refractivity contribution is 9.10. The topological polar surface area (TPSA) is 41.1 Å². The van der Waals surface area contributed by atoms with Crippen molar-refractivity contribution in [2.45, 2.75) is 25.8 Å².